The number of thiophene rings is 1. The Bertz CT molecular complexity index is 991. The van der Waals surface area contributed by atoms with Crippen LogP contribution in [0.2, 0.25) is 0 Å². The molecule has 3 aromatic rings. The topological polar surface area (TPSA) is 41.0 Å². The summed E-state index contributed by atoms with van der Waals surface area (Å²) in [6.07, 6.45) is 4.46. The van der Waals surface area contributed by atoms with Crippen molar-refractivity contribution in [2.24, 2.45) is 5.92 Å². The summed E-state index contributed by atoms with van der Waals surface area (Å²) in [7, 11) is 0. The van der Waals surface area contributed by atoms with E-state index >= 15 is 0 Å². The number of likely N-dealkylation sites (tertiary alicyclic amines) is 1. The summed E-state index contributed by atoms with van der Waals surface area (Å²) in [6, 6.07) is 6.28. The minimum Gasteiger partial charge on any atom is -0.367 e. The number of halogens is 2. The molecule has 0 saturated carbocycles. The van der Waals surface area contributed by atoms with Gasteiger partial charge in [-0.2, -0.15) is 0 Å². The molecular weight excluding hydrogens is 402 g/mol. The normalized spacial score (nSPS) is 17.0. The van der Waals surface area contributed by atoms with Crippen LogP contribution in [0.5, 0.6) is 0 Å². The van der Waals surface area contributed by atoms with E-state index in [1.165, 1.54) is 23.1 Å². The first-order chi connectivity index (χ1) is 14.4. The van der Waals surface area contributed by atoms with E-state index in [1.807, 2.05) is 6.92 Å². The molecule has 3 heterocycles. The van der Waals surface area contributed by atoms with Crippen molar-refractivity contribution in [2.75, 3.05) is 18.4 Å². The summed E-state index contributed by atoms with van der Waals surface area (Å²) in [5.74, 6) is 0.549. The number of hydrogen-bond acceptors (Lipinski definition) is 5. The molecule has 1 unspecified atom stereocenters. The third kappa shape index (κ3) is 4.47. The first-order valence-electron chi connectivity index (χ1n) is 10.6. The van der Waals surface area contributed by atoms with Crippen LogP contribution in [-0.4, -0.2) is 34.0 Å². The smallest absolute Gasteiger partial charge is 0.138 e. The fourth-order valence-corrected chi connectivity index (χ4v) is 5.45. The second-order valence-corrected chi connectivity index (χ2v) is 9.63. The zero-order valence-corrected chi connectivity index (χ0v) is 18.5. The van der Waals surface area contributed by atoms with Gasteiger partial charge in [0.25, 0.3) is 0 Å². The number of benzene rings is 1. The Morgan fingerprint density at radius 1 is 1.13 bits per heavy atom. The number of hydrogen-bond donors (Lipinski definition) is 1. The minimum atomic E-state index is -0.471. The van der Waals surface area contributed by atoms with Crippen LogP contribution in [0.15, 0.2) is 30.6 Å². The minimum absolute atomic E-state index is 0.164. The van der Waals surface area contributed by atoms with Crippen molar-refractivity contribution in [2.45, 2.75) is 52.1 Å². The van der Waals surface area contributed by atoms with E-state index in [0.29, 0.717) is 5.92 Å². The Balaban J connectivity index is 1.42. The van der Waals surface area contributed by atoms with Crippen LogP contribution in [0.1, 0.15) is 50.1 Å². The highest BCUT2D eigenvalue weighted by Crippen LogP contribution is 2.32. The molecule has 1 atom stereocenters. The van der Waals surface area contributed by atoms with Crippen molar-refractivity contribution in [3.63, 3.8) is 0 Å². The van der Waals surface area contributed by atoms with Gasteiger partial charge in [-0.25, -0.2) is 18.7 Å². The third-order valence-electron chi connectivity index (χ3n) is 5.83. The highest BCUT2D eigenvalue weighted by molar-refractivity contribution is 7.18. The maximum atomic E-state index is 14.2. The van der Waals surface area contributed by atoms with E-state index in [2.05, 4.69) is 40.1 Å². The van der Waals surface area contributed by atoms with Gasteiger partial charge in [0.05, 0.1) is 5.39 Å². The number of nitrogens with one attached hydrogen (secondary N) is 1. The Morgan fingerprint density at radius 2 is 1.83 bits per heavy atom. The number of aromatic nitrogens is 2. The van der Waals surface area contributed by atoms with Gasteiger partial charge in [-0.3, -0.25) is 4.90 Å². The molecule has 4 nitrogen and oxygen atoms in total. The molecule has 1 aliphatic heterocycles. The van der Waals surface area contributed by atoms with E-state index in [4.69, 9.17) is 0 Å². The zero-order chi connectivity index (χ0) is 21.3. The molecule has 2 aromatic heterocycles. The molecular formula is C23H28F2N4S. The second kappa shape index (κ2) is 8.94. The van der Waals surface area contributed by atoms with Crippen LogP contribution in [0.4, 0.5) is 14.6 Å². The van der Waals surface area contributed by atoms with E-state index in [-0.39, 0.29) is 17.6 Å². The molecule has 0 spiro atoms. The van der Waals surface area contributed by atoms with E-state index in [1.54, 1.807) is 17.7 Å². The summed E-state index contributed by atoms with van der Waals surface area (Å²) in [4.78, 5) is 13.4. The fourth-order valence-electron chi connectivity index (χ4n) is 4.24. The highest BCUT2D eigenvalue weighted by atomic mass is 32.1. The summed E-state index contributed by atoms with van der Waals surface area (Å²) < 4.78 is 28.3. The van der Waals surface area contributed by atoms with Crippen LogP contribution in [0.25, 0.3) is 10.2 Å². The molecule has 160 valence electrons. The van der Waals surface area contributed by atoms with E-state index in [9.17, 15) is 8.78 Å². The lowest BCUT2D eigenvalue weighted by Gasteiger charge is -2.36. The maximum Gasteiger partial charge on any atom is 0.138 e. The predicted molar refractivity (Wildman–Crippen MR) is 119 cm³/mol. The van der Waals surface area contributed by atoms with Crippen LogP contribution >= 0.6 is 11.3 Å². The van der Waals surface area contributed by atoms with Crippen molar-refractivity contribution < 1.29 is 8.78 Å². The SMILES string of the molecule is CC(C)Cc1cc2c(NC3CCN(C(C)c4c(F)cccc4F)CC3)ncnc2s1. The highest BCUT2D eigenvalue weighted by Gasteiger charge is 2.27. The molecule has 7 heteroatoms. The van der Waals surface area contributed by atoms with Gasteiger partial charge in [-0.1, -0.05) is 19.9 Å². The van der Waals surface area contributed by atoms with E-state index < -0.39 is 11.6 Å². The van der Waals surface area contributed by atoms with Gasteiger partial charge in [0.1, 0.15) is 28.6 Å². The van der Waals surface area contributed by atoms with Gasteiger partial charge in [-0.05, 0) is 50.3 Å². The molecule has 4 rings (SSSR count). The predicted octanol–water partition coefficient (Wildman–Crippen LogP) is 5.81. The standard InChI is InChI=1S/C23H28F2N4S/c1-14(2)11-17-12-18-22(26-13-27-23(18)30-17)28-16-7-9-29(10-8-16)15(3)21-19(24)5-4-6-20(21)25/h4-6,12-16H,7-11H2,1-3H3,(H,26,27,28). The molecule has 1 aromatic carbocycles. The van der Waals surface area contributed by atoms with Gasteiger partial charge >= 0.3 is 0 Å². The van der Waals surface area contributed by atoms with Crippen molar-refractivity contribution in [1.82, 2.24) is 14.9 Å². The van der Waals surface area contributed by atoms with Gasteiger partial charge in [0.15, 0.2) is 0 Å². The Hall–Kier alpha value is -2.12. The monoisotopic (exact) mass is 430 g/mol. The lowest BCUT2D eigenvalue weighted by atomic mass is 9.99. The Labute approximate surface area is 180 Å². The van der Waals surface area contributed by atoms with E-state index in [0.717, 1.165) is 48.4 Å². The van der Waals surface area contributed by atoms with Crippen LogP contribution in [-0.2, 0) is 6.42 Å². The zero-order valence-electron chi connectivity index (χ0n) is 17.7. The molecule has 0 bridgehead atoms. The molecule has 1 N–H and O–H groups in total. The summed E-state index contributed by atoms with van der Waals surface area (Å²) in [6.45, 7) is 7.88. The first kappa shape index (κ1) is 21.1. The fraction of sp³-hybridized carbons (Fsp3) is 0.478. The molecule has 1 saturated heterocycles. The number of piperidine rings is 1. The van der Waals surface area contributed by atoms with Crippen molar-refractivity contribution in [1.29, 1.82) is 0 Å². The van der Waals surface area contributed by atoms with Crippen LogP contribution in [0, 0.1) is 17.6 Å². The lowest BCUT2D eigenvalue weighted by Crippen LogP contribution is -2.40. The molecule has 0 radical (unpaired) electrons. The first-order valence-corrected chi connectivity index (χ1v) is 11.4. The van der Waals surface area contributed by atoms with Crippen molar-refractivity contribution in [3.8, 4) is 0 Å². The average molecular weight is 431 g/mol. The van der Waals surface area contributed by atoms with Crippen molar-refractivity contribution in [3.05, 3.63) is 52.7 Å². The Kier molecular flexibility index (Phi) is 6.29. The second-order valence-electron chi connectivity index (χ2n) is 8.52. The van der Waals surface area contributed by atoms with Gasteiger partial charge in [0.2, 0.25) is 0 Å². The van der Waals surface area contributed by atoms with Gasteiger partial charge < -0.3 is 5.32 Å². The quantitative estimate of drug-likeness (QED) is 0.536. The molecule has 0 aliphatic carbocycles. The number of anilines is 1. The molecule has 1 fully saturated rings. The summed E-state index contributed by atoms with van der Waals surface area (Å²) >= 11 is 1.74. The van der Waals surface area contributed by atoms with Crippen molar-refractivity contribution >= 4 is 27.4 Å². The van der Waals surface area contributed by atoms with Crippen LogP contribution < -0.4 is 5.32 Å². The number of rotatable bonds is 6. The molecule has 30 heavy (non-hydrogen) atoms. The Morgan fingerprint density at radius 3 is 2.50 bits per heavy atom. The number of nitrogens with zero attached hydrogens (tertiary/aromatic N) is 3. The summed E-state index contributed by atoms with van der Waals surface area (Å²) in [5, 5.41) is 4.68. The van der Waals surface area contributed by atoms with Crippen LogP contribution in [0.3, 0.4) is 0 Å². The van der Waals surface area contributed by atoms with Gasteiger partial charge in [0, 0.05) is 35.6 Å². The lowest BCUT2D eigenvalue weighted by molar-refractivity contribution is 0.162. The summed E-state index contributed by atoms with van der Waals surface area (Å²) in [5.41, 5.74) is 0.164. The average Bonchev–Trinajstić information content (AvgIpc) is 3.11. The number of fused-ring (bicyclic) bond motifs is 1. The molecule has 0 amide bonds. The largest absolute Gasteiger partial charge is 0.367 e. The molecule has 1 aliphatic rings. The third-order valence-corrected chi connectivity index (χ3v) is 6.89. The van der Waals surface area contributed by atoms with Gasteiger partial charge in [-0.15, -0.1) is 11.3 Å². The maximum absolute atomic E-state index is 14.2.